The van der Waals surface area contributed by atoms with Gasteiger partial charge in [0.2, 0.25) is 0 Å². The van der Waals surface area contributed by atoms with Crippen molar-refractivity contribution in [3.63, 3.8) is 0 Å². The lowest BCUT2D eigenvalue weighted by molar-refractivity contribution is -0.150. The minimum atomic E-state index is -1.38. The number of hydrogen-bond acceptors (Lipinski definition) is 3. The molecule has 0 bridgehead atoms. The molecule has 0 saturated carbocycles. The van der Waals surface area contributed by atoms with Crippen LogP contribution in [0, 0.1) is 5.41 Å². The van der Waals surface area contributed by atoms with Crippen molar-refractivity contribution in [1.82, 2.24) is 0 Å². The molecule has 116 valence electrons. The van der Waals surface area contributed by atoms with Crippen molar-refractivity contribution in [2.75, 3.05) is 33.5 Å². The zero-order valence-corrected chi connectivity index (χ0v) is 16.3. The monoisotopic (exact) mass is 306 g/mol. The summed E-state index contributed by atoms with van der Waals surface area (Å²) >= 11 is 0. The van der Waals surface area contributed by atoms with Gasteiger partial charge in [0, 0.05) is 28.7 Å². The number of rotatable bonds is 8. The van der Waals surface area contributed by atoms with Crippen LogP contribution in [0.15, 0.2) is 0 Å². The van der Waals surface area contributed by atoms with Gasteiger partial charge in [0.25, 0.3) is 0 Å². The Kier molecular flexibility index (Phi) is 10.3. The predicted molar refractivity (Wildman–Crippen MR) is 88.5 cm³/mol. The third kappa shape index (κ3) is 8.24. The number of ether oxygens (including phenoxy) is 2. The van der Waals surface area contributed by atoms with E-state index in [1.807, 2.05) is 7.11 Å². The van der Waals surface area contributed by atoms with Crippen molar-refractivity contribution in [3.05, 3.63) is 0 Å². The second-order valence-corrected chi connectivity index (χ2v) is 12.0. The summed E-state index contributed by atoms with van der Waals surface area (Å²) in [5, 5.41) is 0. The van der Waals surface area contributed by atoms with Crippen LogP contribution in [-0.4, -0.2) is 51.4 Å². The van der Waals surface area contributed by atoms with Gasteiger partial charge in [-0.2, -0.15) is 0 Å². The third-order valence-corrected chi connectivity index (χ3v) is 6.26. The van der Waals surface area contributed by atoms with Gasteiger partial charge in [-0.25, -0.2) is 0 Å². The Morgan fingerprint density at radius 2 is 1.84 bits per heavy atom. The average molecular weight is 307 g/mol. The first-order chi connectivity index (χ1) is 8.95. The molecule has 5 heteroatoms. The Labute approximate surface area is 123 Å². The SMILES string of the molecule is CCC1(COCCC[Si](C)(C)OC)COC1.C[SiH2]C. The summed E-state index contributed by atoms with van der Waals surface area (Å²) in [6.07, 6.45) is 2.28. The van der Waals surface area contributed by atoms with Crippen LogP contribution in [0.5, 0.6) is 0 Å². The molecule has 0 atom stereocenters. The molecule has 0 aromatic rings. The van der Waals surface area contributed by atoms with E-state index < -0.39 is 8.32 Å². The fraction of sp³-hybridized carbons (Fsp3) is 1.00. The van der Waals surface area contributed by atoms with Crippen molar-refractivity contribution in [2.24, 2.45) is 5.41 Å². The molecule has 0 amide bonds. The van der Waals surface area contributed by atoms with E-state index in [1.54, 1.807) is 0 Å². The Bertz CT molecular complexity index is 213. The highest BCUT2D eigenvalue weighted by Gasteiger charge is 2.36. The highest BCUT2D eigenvalue weighted by atomic mass is 28.4. The second kappa shape index (κ2) is 10.1. The van der Waals surface area contributed by atoms with Crippen LogP contribution in [0.25, 0.3) is 0 Å². The van der Waals surface area contributed by atoms with Crippen LogP contribution < -0.4 is 0 Å². The Morgan fingerprint density at radius 1 is 1.26 bits per heavy atom. The molecule has 1 fully saturated rings. The van der Waals surface area contributed by atoms with E-state index >= 15 is 0 Å². The van der Waals surface area contributed by atoms with E-state index in [2.05, 4.69) is 33.1 Å². The molecule has 0 aromatic carbocycles. The van der Waals surface area contributed by atoms with Gasteiger partial charge < -0.3 is 13.9 Å². The summed E-state index contributed by atoms with van der Waals surface area (Å²) in [7, 11) is 0.860. The van der Waals surface area contributed by atoms with Gasteiger partial charge in [0.05, 0.1) is 19.8 Å². The van der Waals surface area contributed by atoms with Gasteiger partial charge in [-0.3, -0.25) is 0 Å². The fourth-order valence-electron chi connectivity index (χ4n) is 1.77. The van der Waals surface area contributed by atoms with Crippen molar-refractivity contribution in [2.45, 2.75) is 52.0 Å². The largest absolute Gasteiger partial charge is 0.420 e. The van der Waals surface area contributed by atoms with Crippen LogP contribution in [0.3, 0.4) is 0 Å². The quantitative estimate of drug-likeness (QED) is 0.510. The molecule has 3 nitrogen and oxygen atoms in total. The zero-order valence-electron chi connectivity index (χ0n) is 13.9. The topological polar surface area (TPSA) is 27.7 Å². The summed E-state index contributed by atoms with van der Waals surface area (Å²) in [6, 6.07) is 1.18. The molecule has 19 heavy (non-hydrogen) atoms. The minimum Gasteiger partial charge on any atom is -0.420 e. The summed E-state index contributed by atoms with van der Waals surface area (Å²) in [5.74, 6) is 0. The van der Waals surface area contributed by atoms with Gasteiger partial charge in [0.15, 0.2) is 8.32 Å². The summed E-state index contributed by atoms with van der Waals surface area (Å²) < 4.78 is 16.5. The molecule has 1 aliphatic heterocycles. The van der Waals surface area contributed by atoms with Gasteiger partial charge >= 0.3 is 0 Å². The standard InChI is InChI=1S/C12H26O3Si.C2H8Si/c1-5-12(10-15-11-12)9-14-7-6-8-16(3,4)13-2;1-3-2/h5-11H2,1-4H3;3H2,1-2H3. The van der Waals surface area contributed by atoms with Gasteiger partial charge in [0.1, 0.15) is 0 Å². The molecular weight excluding hydrogens is 272 g/mol. The number of hydrogen-bond donors (Lipinski definition) is 0. The van der Waals surface area contributed by atoms with E-state index in [-0.39, 0.29) is 0 Å². The van der Waals surface area contributed by atoms with Crippen LogP contribution in [0.4, 0.5) is 0 Å². The lowest BCUT2D eigenvalue weighted by Crippen LogP contribution is -2.45. The fourth-order valence-corrected chi connectivity index (χ4v) is 2.97. The Balaban J connectivity index is 0.000000982. The maximum absolute atomic E-state index is 5.76. The smallest absolute Gasteiger partial charge is 0.186 e. The van der Waals surface area contributed by atoms with Gasteiger partial charge in [-0.05, 0) is 32.0 Å². The first-order valence-corrected chi connectivity index (χ1v) is 13.6. The van der Waals surface area contributed by atoms with Crippen molar-refractivity contribution >= 4 is 17.8 Å². The predicted octanol–water partition coefficient (Wildman–Crippen LogP) is 2.92. The van der Waals surface area contributed by atoms with E-state index in [0.29, 0.717) is 14.9 Å². The second-order valence-electron chi connectivity index (χ2n) is 6.17. The molecule has 1 rings (SSSR count). The molecule has 0 aliphatic carbocycles. The highest BCUT2D eigenvalue weighted by molar-refractivity contribution is 6.71. The molecule has 1 aliphatic rings. The lowest BCUT2D eigenvalue weighted by atomic mass is 9.84. The average Bonchev–Trinajstić information content (AvgIpc) is 2.33. The van der Waals surface area contributed by atoms with Gasteiger partial charge in [-0.15, -0.1) is 0 Å². The first-order valence-electron chi connectivity index (χ1n) is 7.66. The maximum atomic E-state index is 5.76. The molecule has 0 radical (unpaired) electrons. The third-order valence-electron chi connectivity index (χ3n) is 3.59. The maximum Gasteiger partial charge on any atom is 0.186 e. The molecule has 1 heterocycles. The molecular formula is C14H34O3Si2. The molecule has 0 aromatic heterocycles. The van der Waals surface area contributed by atoms with E-state index in [4.69, 9.17) is 13.9 Å². The van der Waals surface area contributed by atoms with Crippen LogP contribution in [0.2, 0.25) is 32.2 Å². The van der Waals surface area contributed by atoms with Crippen LogP contribution in [-0.2, 0) is 13.9 Å². The normalized spacial score (nSPS) is 17.4. The Hall–Kier alpha value is 0.314. The molecule has 0 unspecified atom stereocenters. The highest BCUT2D eigenvalue weighted by Crippen LogP contribution is 2.31. The van der Waals surface area contributed by atoms with Crippen LogP contribution in [0.1, 0.15) is 19.8 Å². The van der Waals surface area contributed by atoms with E-state index in [9.17, 15) is 0 Å². The Morgan fingerprint density at radius 3 is 2.21 bits per heavy atom. The molecule has 1 saturated heterocycles. The first kappa shape index (κ1) is 19.3. The van der Waals surface area contributed by atoms with Crippen molar-refractivity contribution in [3.8, 4) is 0 Å². The molecule has 0 spiro atoms. The summed E-state index contributed by atoms with van der Waals surface area (Å²) in [4.78, 5) is 0. The zero-order chi connectivity index (χ0) is 14.8. The van der Waals surface area contributed by atoms with Crippen LogP contribution >= 0.6 is 0 Å². The van der Waals surface area contributed by atoms with Crippen molar-refractivity contribution < 1.29 is 13.9 Å². The lowest BCUT2D eigenvalue weighted by Gasteiger charge is -2.40. The summed E-state index contributed by atoms with van der Waals surface area (Å²) in [6.45, 7) is 14.7. The van der Waals surface area contributed by atoms with E-state index in [1.165, 1.54) is 6.04 Å². The van der Waals surface area contributed by atoms with Crippen molar-refractivity contribution in [1.29, 1.82) is 0 Å². The molecule has 0 N–H and O–H groups in total. The van der Waals surface area contributed by atoms with E-state index in [0.717, 1.165) is 39.3 Å². The minimum absolute atomic E-state index is 0.328. The van der Waals surface area contributed by atoms with Gasteiger partial charge in [-0.1, -0.05) is 20.0 Å². The summed E-state index contributed by atoms with van der Waals surface area (Å²) in [5.41, 5.74) is 0.328.